The highest BCUT2D eigenvalue weighted by molar-refractivity contribution is 5.81. The molecule has 2 aliphatic rings. The highest BCUT2D eigenvalue weighted by Gasteiger charge is 2.39. The van der Waals surface area contributed by atoms with E-state index in [2.05, 4.69) is 0 Å². The number of nitrogens with one attached hydrogen (secondary N) is 1. The predicted molar refractivity (Wildman–Crippen MR) is 91.8 cm³/mol. The van der Waals surface area contributed by atoms with Crippen LogP contribution in [0.2, 0.25) is 0 Å². The van der Waals surface area contributed by atoms with Crippen LogP contribution in [0.4, 0.5) is 0 Å². The molecule has 1 amide bonds. The van der Waals surface area contributed by atoms with Gasteiger partial charge in [0.2, 0.25) is 5.91 Å². The first-order valence-electron chi connectivity index (χ1n) is 8.65. The van der Waals surface area contributed by atoms with Crippen molar-refractivity contribution in [2.24, 2.45) is 5.73 Å². The van der Waals surface area contributed by atoms with Crippen LogP contribution in [0, 0.1) is 0 Å². The van der Waals surface area contributed by atoms with Crippen LogP contribution < -0.4 is 20.5 Å². The average molecular weight is 360 g/mol. The molecule has 2 heterocycles. The molecule has 26 heavy (non-hydrogen) atoms. The predicted octanol–water partition coefficient (Wildman–Crippen LogP) is -1.49. The van der Waals surface area contributed by atoms with Gasteiger partial charge in [-0.15, -0.1) is 0 Å². The fourth-order valence-electron chi connectivity index (χ4n) is 3.70. The maximum atomic E-state index is 11.6. The third-order valence-electron chi connectivity index (χ3n) is 5.19. The van der Waals surface area contributed by atoms with Crippen molar-refractivity contribution in [2.45, 2.75) is 57.9 Å². The van der Waals surface area contributed by atoms with Crippen LogP contribution in [0.3, 0.4) is 0 Å². The van der Waals surface area contributed by atoms with Crippen molar-refractivity contribution in [3.05, 3.63) is 34.5 Å². The number of hydrogen-bond donors (Lipinski definition) is 3. The maximum Gasteiger partial charge on any atom is 0.223 e. The normalized spacial score (nSPS) is 22.7. The Morgan fingerprint density at radius 2 is 2.15 bits per heavy atom. The smallest absolute Gasteiger partial charge is 0.223 e. The quantitative estimate of drug-likeness (QED) is 0.592. The van der Waals surface area contributed by atoms with Gasteiger partial charge in [0.1, 0.15) is 36.1 Å². The summed E-state index contributed by atoms with van der Waals surface area (Å²) in [7, 11) is 0. The fraction of sp³-hybridized carbons (Fsp3) is 0.474. The molecule has 1 aromatic carbocycles. The summed E-state index contributed by atoms with van der Waals surface area (Å²) in [4.78, 5) is 23.5. The maximum absolute atomic E-state index is 11.6. The molecule has 0 bridgehead atoms. The highest BCUT2D eigenvalue weighted by atomic mass is 16.5. The van der Waals surface area contributed by atoms with Crippen molar-refractivity contribution < 1.29 is 29.4 Å². The zero-order valence-electron chi connectivity index (χ0n) is 15.2. The number of fused-ring (bicyclic) bond motifs is 3. The Morgan fingerprint density at radius 1 is 1.46 bits per heavy atom. The number of hydrogen-bond acceptors (Lipinski definition) is 5. The van der Waals surface area contributed by atoms with E-state index in [1.54, 1.807) is 13.8 Å². The first-order chi connectivity index (χ1) is 12.1. The van der Waals surface area contributed by atoms with Crippen molar-refractivity contribution in [3.63, 3.8) is 0 Å². The number of aliphatic hydroxyl groups is 1. The van der Waals surface area contributed by atoms with Crippen LogP contribution in [0.1, 0.15) is 43.9 Å². The molecule has 3 unspecified atom stereocenters. The summed E-state index contributed by atoms with van der Waals surface area (Å²) in [5, 5.41) is 21.8. The lowest BCUT2D eigenvalue weighted by Gasteiger charge is -2.32. The van der Waals surface area contributed by atoms with Crippen LogP contribution in [0.15, 0.2) is 17.8 Å². The number of benzene rings is 1. The Labute approximate surface area is 152 Å². The minimum absolute atomic E-state index is 0.291. The topological polar surface area (TPSA) is 117 Å². The molecule has 2 aliphatic heterocycles. The second-order valence-corrected chi connectivity index (χ2v) is 7.66. The molecule has 0 aromatic heterocycles. The van der Waals surface area contributed by atoms with Crippen LogP contribution in [0.25, 0.3) is 6.08 Å². The number of rotatable bonds is 5. The standard InChI is InChI=1S/C19H24N2O5/c1-10-6-11-4-5-12-7-15(19(2,3)25)26-17(12)13(11)9-21(10)14(18(23)24)8-16(20)22/h4-6,14-15,25H,7-9H2,1-3H3,(H2,20,22)(H,23,24). The zero-order valence-corrected chi connectivity index (χ0v) is 15.2. The number of primary amides is 1. The first-order valence-corrected chi connectivity index (χ1v) is 8.65. The number of carboxylic acids is 1. The number of carbonyl (C=O) groups excluding carboxylic acids is 2. The lowest BCUT2D eigenvalue weighted by atomic mass is 9.93. The molecular weight excluding hydrogens is 336 g/mol. The SMILES string of the molecule is CC1=Cc2ccc3c(c2C[NH+]1C(CC(N)=O)C(=O)[O-])OC(C(C)(C)O)C3. The summed E-state index contributed by atoms with van der Waals surface area (Å²) in [5.41, 5.74) is 7.85. The summed E-state index contributed by atoms with van der Waals surface area (Å²) >= 11 is 0. The number of amides is 1. The van der Waals surface area contributed by atoms with Crippen molar-refractivity contribution in [1.82, 2.24) is 0 Å². The van der Waals surface area contributed by atoms with Crippen LogP contribution >= 0.6 is 0 Å². The number of carboxylic acid groups (broad SMARTS) is 1. The second-order valence-electron chi connectivity index (χ2n) is 7.66. The molecular formula is C19H24N2O5. The van der Waals surface area contributed by atoms with Crippen LogP contribution in [-0.2, 0) is 22.6 Å². The van der Waals surface area contributed by atoms with Crippen LogP contribution in [-0.4, -0.2) is 34.7 Å². The molecule has 140 valence electrons. The molecule has 0 fully saturated rings. The van der Waals surface area contributed by atoms with E-state index in [1.807, 2.05) is 25.1 Å². The summed E-state index contributed by atoms with van der Waals surface area (Å²) in [5.74, 6) is -1.29. The number of allylic oxidation sites excluding steroid dienone is 1. The number of aliphatic carboxylic acids is 1. The average Bonchev–Trinajstić information content (AvgIpc) is 2.96. The van der Waals surface area contributed by atoms with Gasteiger partial charge in [-0.2, -0.15) is 0 Å². The molecule has 0 saturated carbocycles. The molecule has 4 N–H and O–H groups in total. The van der Waals surface area contributed by atoms with Crippen molar-refractivity contribution in [1.29, 1.82) is 0 Å². The number of quaternary nitrogens is 1. The Balaban J connectivity index is 1.97. The largest absolute Gasteiger partial charge is 0.544 e. The Hall–Kier alpha value is -2.38. The molecule has 7 nitrogen and oxygen atoms in total. The number of carbonyl (C=O) groups is 2. The van der Waals surface area contributed by atoms with Gasteiger partial charge < -0.3 is 25.5 Å². The van der Waals surface area contributed by atoms with Gasteiger partial charge in [-0.05, 0) is 25.0 Å². The van der Waals surface area contributed by atoms with Gasteiger partial charge in [-0.3, -0.25) is 9.69 Å². The molecule has 0 radical (unpaired) electrons. The van der Waals surface area contributed by atoms with E-state index in [4.69, 9.17) is 10.5 Å². The van der Waals surface area contributed by atoms with E-state index in [0.29, 0.717) is 23.6 Å². The molecule has 0 saturated heterocycles. The number of ether oxygens (including phenoxy) is 1. The summed E-state index contributed by atoms with van der Waals surface area (Å²) < 4.78 is 6.03. The third-order valence-corrected chi connectivity index (χ3v) is 5.19. The van der Waals surface area contributed by atoms with E-state index >= 15 is 0 Å². The fourth-order valence-corrected chi connectivity index (χ4v) is 3.70. The van der Waals surface area contributed by atoms with Gasteiger partial charge in [-0.25, -0.2) is 0 Å². The van der Waals surface area contributed by atoms with Crippen molar-refractivity contribution >= 4 is 18.0 Å². The minimum Gasteiger partial charge on any atom is -0.544 e. The molecule has 1 aromatic rings. The molecule has 0 spiro atoms. The van der Waals surface area contributed by atoms with Gasteiger partial charge >= 0.3 is 0 Å². The van der Waals surface area contributed by atoms with Crippen molar-refractivity contribution in [3.8, 4) is 5.75 Å². The molecule has 0 aliphatic carbocycles. The van der Waals surface area contributed by atoms with Crippen molar-refractivity contribution in [2.75, 3.05) is 0 Å². The Bertz CT molecular complexity index is 794. The first kappa shape index (κ1) is 18.4. The van der Waals surface area contributed by atoms with Gasteiger partial charge in [-0.1, -0.05) is 12.1 Å². The summed E-state index contributed by atoms with van der Waals surface area (Å²) in [6.07, 6.45) is 1.84. The van der Waals surface area contributed by atoms with Gasteiger partial charge in [0, 0.05) is 19.4 Å². The minimum atomic E-state index is -1.31. The van der Waals surface area contributed by atoms with Crippen LogP contribution in [0.5, 0.6) is 5.75 Å². The summed E-state index contributed by atoms with van der Waals surface area (Å²) in [6.45, 7) is 5.58. The lowest BCUT2D eigenvalue weighted by molar-refractivity contribution is -0.894. The molecule has 3 rings (SSSR count). The van der Waals surface area contributed by atoms with Gasteiger partial charge in [0.05, 0.1) is 17.6 Å². The molecule has 3 atom stereocenters. The monoisotopic (exact) mass is 360 g/mol. The highest BCUT2D eigenvalue weighted by Crippen LogP contribution is 2.38. The Kier molecular flexibility index (Phi) is 4.54. The number of nitrogens with two attached hydrogens (primary N) is 1. The van der Waals surface area contributed by atoms with E-state index in [1.165, 1.54) is 0 Å². The van der Waals surface area contributed by atoms with Gasteiger partial charge in [0.25, 0.3) is 0 Å². The summed E-state index contributed by atoms with van der Waals surface area (Å²) in [6, 6.07) is 2.90. The van der Waals surface area contributed by atoms with E-state index in [0.717, 1.165) is 22.4 Å². The van der Waals surface area contributed by atoms with E-state index in [-0.39, 0.29) is 12.5 Å². The van der Waals surface area contributed by atoms with E-state index < -0.39 is 23.5 Å². The Morgan fingerprint density at radius 3 is 2.73 bits per heavy atom. The second kappa shape index (κ2) is 6.41. The van der Waals surface area contributed by atoms with E-state index in [9.17, 15) is 19.8 Å². The van der Waals surface area contributed by atoms with Gasteiger partial charge in [0.15, 0.2) is 0 Å². The molecule has 7 heteroatoms. The zero-order chi connectivity index (χ0) is 19.2. The third kappa shape index (κ3) is 3.32. The lowest BCUT2D eigenvalue weighted by Crippen LogP contribution is -3.14.